The molecule has 3 rings (SSSR count). The van der Waals surface area contributed by atoms with Crippen LogP contribution >= 0.6 is 0 Å². The van der Waals surface area contributed by atoms with Gasteiger partial charge in [0.25, 0.3) is 0 Å². The molecule has 6 nitrogen and oxygen atoms in total. The number of aromatic nitrogens is 4. The molecule has 6 heteroatoms. The second kappa shape index (κ2) is 6.34. The number of aryl methyl sites for hydroxylation is 1. The summed E-state index contributed by atoms with van der Waals surface area (Å²) in [5, 5.41) is 12.6. The summed E-state index contributed by atoms with van der Waals surface area (Å²) in [5.74, 6) is 1.48. The molecule has 0 N–H and O–H groups in total. The van der Waals surface area contributed by atoms with Crippen LogP contribution in [0.2, 0.25) is 0 Å². The van der Waals surface area contributed by atoms with Crippen LogP contribution in [-0.2, 0) is 10.3 Å². The molecule has 0 saturated heterocycles. The zero-order valence-corrected chi connectivity index (χ0v) is 14.9. The van der Waals surface area contributed by atoms with Gasteiger partial charge >= 0.3 is 0 Å². The first-order chi connectivity index (χ1) is 11.5. The maximum Gasteiger partial charge on any atom is 0.220 e. The summed E-state index contributed by atoms with van der Waals surface area (Å²) in [7, 11) is 1.87. The van der Waals surface area contributed by atoms with Gasteiger partial charge in [-0.3, -0.25) is 4.79 Å². The Morgan fingerprint density at radius 1 is 1.29 bits per heavy atom. The maximum absolute atomic E-state index is 12.2. The lowest BCUT2D eigenvalue weighted by molar-refractivity contribution is -0.136. The Balaban J connectivity index is 2.12. The Bertz CT molecular complexity index is 731. The van der Waals surface area contributed by atoms with E-state index in [2.05, 4.69) is 22.4 Å². The van der Waals surface area contributed by atoms with E-state index in [1.807, 2.05) is 47.8 Å². The molecule has 1 saturated carbocycles. The van der Waals surface area contributed by atoms with Crippen molar-refractivity contribution in [2.45, 2.75) is 52.0 Å². The van der Waals surface area contributed by atoms with Crippen molar-refractivity contribution in [3.8, 4) is 5.69 Å². The lowest BCUT2D eigenvalue weighted by Gasteiger charge is -2.44. The van der Waals surface area contributed by atoms with Crippen LogP contribution in [0.25, 0.3) is 5.69 Å². The standard InChI is InChI=1S/C18H25N5O/c1-13-9-11-18(12-10-13,22(4)15(3)24)17-19-20-21-23(17)16-8-6-5-7-14(16)2/h5-8,13H,9-12H2,1-4H3. The number of nitrogens with zero attached hydrogens (tertiary/aromatic N) is 5. The summed E-state index contributed by atoms with van der Waals surface area (Å²) < 4.78 is 1.81. The van der Waals surface area contributed by atoms with E-state index in [0.29, 0.717) is 5.92 Å². The lowest BCUT2D eigenvalue weighted by atomic mass is 9.75. The van der Waals surface area contributed by atoms with Gasteiger partial charge in [0.1, 0.15) is 5.54 Å². The Morgan fingerprint density at radius 2 is 1.96 bits per heavy atom. The molecule has 1 heterocycles. The summed E-state index contributed by atoms with van der Waals surface area (Å²) in [6, 6.07) is 8.05. The minimum Gasteiger partial charge on any atom is -0.333 e. The zero-order valence-electron chi connectivity index (χ0n) is 14.9. The van der Waals surface area contributed by atoms with Gasteiger partial charge in [0, 0.05) is 14.0 Å². The van der Waals surface area contributed by atoms with Crippen molar-refractivity contribution >= 4 is 5.91 Å². The van der Waals surface area contributed by atoms with Crippen molar-refractivity contribution in [1.29, 1.82) is 0 Å². The van der Waals surface area contributed by atoms with Crippen molar-refractivity contribution in [1.82, 2.24) is 25.1 Å². The molecule has 0 unspecified atom stereocenters. The summed E-state index contributed by atoms with van der Waals surface area (Å²) in [6.45, 7) is 5.93. The maximum atomic E-state index is 12.2. The highest BCUT2D eigenvalue weighted by Gasteiger charge is 2.45. The molecule has 1 aromatic heterocycles. The van der Waals surface area contributed by atoms with Crippen LogP contribution in [0.5, 0.6) is 0 Å². The number of carbonyl (C=O) groups is 1. The number of hydrogen-bond donors (Lipinski definition) is 0. The molecule has 0 spiro atoms. The highest BCUT2D eigenvalue weighted by molar-refractivity contribution is 5.74. The van der Waals surface area contributed by atoms with Gasteiger partial charge in [0.2, 0.25) is 5.91 Å². The van der Waals surface area contributed by atoms with Crippen molar-refractivity contribution < 1.29 is 4.79 Å². The molecule has 2 aromatic rings. The second-order valence-corrected chi connectivity index (χ2v) is 6.99. The first-order valence-electron chi connectivity index (χ1n) is 8.55. The first-order valence-corrected chi connectivity index (χ1v) is 8.55. The topological polar surface area (TPSA) is 63.9 Å². The van der Waals surface area contributed by atoms with Crippen LogP contribution in [-0.4, -0.2) is 38.1 Å². The molecular weight excluding hydrogens is 302 g/mol. The number of amides is 1. The molecule has 1 fully saturated rings. The quantitative estimate of drug-likeness (QED) is 0.869. The summed E-state index contributed by atoms with van der Waals surface area (Å²) >= 11 is 0. The zero-order chi connectivity index (χ0) is 17.3. The van der Waals surface area contributed by atoms with Gasteiger partial charge in [-0.05, 0) is 60.6 Å². The molecule has 0 radical (unpaired) electrons. The number of hydrogen-bond acceptors (Lipinski definition) is 4. The van der Waals surface area contributed by atoms with E-state index >= 15 is 0 Å². The van der Waals surface area contributed by atoms with Crippen LogP contribution in [0.15, 0.2) is 24.3 Å². The van der Waals surface area contributed by atoms with Crippen LogP contribution in [0.4, 0.5) is 0 Å². The predicted molar refractivity (Wildman–Crippen MR) is 91.6 cm³/mol. The Kier molecular flexibility index (Phi) is 4.39. The molecule has 1 amide bonds. The Labute approximate surface area is 142 Å². The Hall–Kier alpha value is -2.24. The minimum absolute atomic E-state index is 0.0453. The van der Waals surface area contributed by atoms with Crippen molar-refractivity contribution in [3.63, 3.8) is 0 Å². The van der Waals surface area contributed by atoms with E-state index in [1.165, 1.54) is 0 Å². The van der Waals surface area contributed by atoms with E-state index in [0.717, 1.165) is 42.8 Å². The fraction of sp³-hybridized carbons (Fsp3) is 0.556. The van der Waals surface area contributed by atoms with Gasteiger partial charge in [-0.15, -0.1) is 5.10 Å². The van der Waals surface area contributed by atoms with Gasteiger partial charge in [-0.1, -0.05) is 25.1 Å². The van der Waals surface area contributed by atoms with Crippen LogP contribution in [0, 0.1) is 12.8 Å². The van der Waals surface area contributed by atoms with Gasteiger partial charge < -0.3 is 4.90 Å². The van der Waals surface area contributed by atoms with E-state index < -0.39 is 5.54 Å². The third-order valence-corrected chi connectivity index (χ3v) is 5.45. The fourth-order valence-corrected chi connectivity index (χ4v) is 3.69. The van der Waals surface area contributed by atoms with Crippen LogP contribution < -0.4 is 0 Å². The average Bonchev–Trinajstić information content (AvgIpc) is 3.05. The van der Waals surface area contributed by atoms with Gasteiger partial charge in [-0.2, -0.15) is 4.68 Å². The SMILES string of the molecule is CC(=O)N(C)C1(c2nnnn2-c2ccccc2C)CCC(C)CC1. The summed E-state index contributed by atoms with van der Waals surface area (Å²) in [5.41, 5.74) is 1.63. The van der Waals surface area contributed by atoms with E-state index in [-0.39, 0.29) is 5.91 Å². The number of carbonyl (C=O) groups excluding carboxylic acids is 1. The molecule has 1 aliphatic rings. The predicted octanol–water partition coefficient (Wildman–Crippen LogP) is 2.85. The van der Waals surface area contributed by atoms with Gasteiger partial charge in [0.05, 0.1) is 5.69 Å². The van der Waals surface area contributed by atoms with Crippen molar-refractivity contribution in [3.05, 3.63) is 35.7 Å². The molecule has 0 bridgehead atoms. The van der Waals surface area contributed by atoms with Crippen molar-refractivity contribution in [2.24, 2.45) is 5.92 Å². The molecule has 0 aliphatic heterocycles. The van der Waals surface area contributed by atoms with Gasteiger partial charge in [-0.25, -0.2) is 0 Å². The van der Waals surface area contributed by atoms with E-state index in [9.17, 15) is 4.79 Å². The number of para-hydroxylation sites is 1. The largest absolute Gasteiger partial charge is 0.333 e. The monoisotopic (exact) mass is 327 g/mol. The minimum atomic E-state index is -0.440. The highest BCUT2D eigenvalue weighted by atomic mass is 16.2. The van der Waals surface area contributed by atoms with Crippen molar-refractivity contribution in [2.75, 3.05) is 7.05 Å². The fourth-order valence-electron chi connectivity index (χ4n) is 3.69. The van der Waals surface area contributed by atoms with E-state index in [4.69, 9.17) is 0 Å². The lowest BCUT2D eigenvalue weighted by Crippen LogP contribution is -2.50. The molecule has 24 heavy (non-hydrogen) atoms. The third-order valence-electron chi connectivity index (χ3n) is 5.45. The van der Waals surface area contributed by atoms with Crippen LogP contribution in [0.3, 0.4) is 0 Å². The normalized spacial score (nSPS) is 23.9. The smallest absolute Gasteiger partial charge is 0.220 e. The molecule has 128 valence electrons. The molecule has 0 atom stereocenters. The number of benzene rings is 1. The summed E-state index contributed by atoms with van der Waals surface area (Å²) in [6.07, 6.45) is 3.91. The summed E-state index contributed by atoms with van der Waals surface area (Å²) in [4.78, 5) is 14.0. The highest BCUT2D eigenvalue weighted by Crippen LogP contribution is 2.43. The number of tetrazole rings is 1. The van der Waals surface area contributed by atoms with Crippen LogP contribution in [0.1, 0.15) is 50.9 Å². The molecular formula is C18H25N5O. The Morgan fingerprint density at radius 3 is 2.58 bits per heavy atom. The first kappa shape index (κ1) is 16.6. The third kappa shape index (κ3) is 2.70. The average molecular weight is 327 g/mol. The number of rotatable bonds is 3. The van der Waals surface area contributed by atoms with E-state index in [1.54, 1.807) is 6.92 Å². The molecule has 1 aromatic carbocycles. The second-order valence-electron chi connectivity index (χ2n) is 6.99. The van der Waals surface area contributed by atoms with Gasteiger partial charge in [0.15, 0.2) is 5.82 Å². The molecule has 1 aliphatic carbocycles.